The number of nitrogens with zero attached hydrogens (tertiary/aromatic N) is 2. The van der Waals surface area contributed by atoms with E-state index in [2.05, 4.69) is 25.9 Å². The van der Waals surface area contributed by atoms with Gasteiger partial charge in [-0.15, -0.1) is 0 Å². The van der Waals surface area contributed by atoms with Crippen LogP contribution in [-0.2, 0) is 4.79 Å². The van der Waals surface area contributed by atoms with Crippen LogP contribution in [0.4, 0.5) is 0 Å². The molecule has 1 aliphatic rings. The van der Waals surface area contributed by atoms with Gasteiger partial charge in [0.15, 0.2) is 5.12 Å². The fourth-order valence-corrected chi connectivity index (χ4v) is 2.44. The summed E-state index contributed by atoms with van der Waals surface area (Å²) in [7, 11) is 2.74. The van der Waals surface area contributed by atoms with E-state index in [1.54, 1.807) is 6.92 Å². The Kier molecular flexibility index (Phi) is 5.39. The van der Waals surface area contributed by atoms with Crippen molar-refractivity contribution in [1.82, 2.24) is 9.57 Å². The van der Waals surface area contributed by atoms with Crippen molar-refractivity contribution in [3.05, 3.63) is 0 Å². The first-order chi connectivity index (χ1) is 6.59. The topological polar surface area (TPSA) is 23.6 Å². The number of hydrogen-bond donors (Lipinski definition) is 0. The fraction of sp³-hybridized carbons (Fsp3) is 0.889. The molecule has 1 aliphatic heterocycles. The van der Waals surface area contributed by atoms with Gasteiger partial charge in [0.2, 0.25) is 0 Å². The van der Waals surface area contributed by atoms with Crippen LogP contribution in [0.1, 0.15) is 13.8 Å². The Morgan fingerprint density at radius 1 is 1.43 bits per heavy atom. The first-order valence-corrected chi connectivity index (χ1v) is 6.47. The summed E-state index contributed by atoms with van der Waals surface area (Å²) in [4.78, 5) is 13.3. The van der Waals surface area contributed by atoms with Crippen LogP contribution in [-0.4, -0.2) is 52.7 Å². The number of rotatable bonds is 3. The normalized spacial score (nSPS) is 22.2. The van der Waals surface area contributed by atoms with Crippen LogP contribution in [0.3, 0.4) is 0 Å². The summed E-state index contributed by atoms with van der Waals surface area (Å²) in [6.45, 7) is 8.29. The van der Waals surface area contributed by atoms with Gasteiger partial charge < -0.3 is 0 Å². The zero-order chi connectivity index (χ0) is 10.6. The molecular weight excluding hydrogens is 215 g/mol. The number of piperazine rings is 1. The van der Waals surface area contributed by atoms with E-state index in [-0.39, 0.29) is 5.12 Å². The van der Waals surface area contributed by atoms with E-state index in [9.17, 15) is 4.79 Å². The van der Waals surface area contributed by atoms with E-state index in [0.29, 0.717) is 6.04 Å². The number of thioether (sulfide) groups is 1. The quantitative estimate of drug-likeness (QED) is 0.681. The average Bonchev–Trinajstić information content (AvgIpc) is 2.15. The van der Waals surface area contributed by atoms with Crippen LogP contribution in [0.2, 0.25) is 0 Å². The Labute approximate surface area is 92.8 Å². The largest absolute Gasteiger partial charge is 0.297 e. The van der Waals surface area contributed by atoms with Gasteiger partial charge in [-0.2, -0.15) is 0 Å². The summed E-state index contributed by atoms with van der Waals surface area (Å²) in [5, 5.41) is 0.224. The van der Waals surface area contributed by atoms with Crippen molar-refractivity contribution in [2.45, 2.75) is 19.9 Å². The highest BCUT2D eigenvalue weighted by atomic mass is 32.2. The Morgan fingerprint density at radius 2 is 2.00 bits per heavy atom. The van der Waals surface area contributed by atoms with Crippen LogP contribution < -0.4 is 0 Å². The number of carbonyl (C=O) groups excluding carboxylic acids is 1. The number of carbonyl (C=O) groups is 1. The van der Waals surface area contributed by atoms with Crippen molar-refractivity contribution >= 4 is 26.3 Å². The Bertz CT molecular complexity index is 195. The van der Waals surface area contributed by atoms with Crippen molar-refractivity contribution in [3.63, 3.8) is 0 Å². The van der Waals surface area contributed by atoms with Gasteiger partial charge in [0.1, 0.15) is 0 Å². The highest BCUT2D eigenvalue weighted by Gasteiger charge is 2.19. The molecule has 82 valence electrons. The molecule has 0 aromatic heterocycles. The van der Waals surface area contributed by atoms with E-state index >= 15 is 0 Å². The van der Waals surface area contributed by atoms with Crippen molar-refractivity contribution in [3.8, 4) is 0 Å². The Hall–Kier alpha value is 0.370. The predicted molar refractivity (Wildman–Crippen MR) is 65.5 cm³/mol. The lowest BCUT2D eigenvalue weighted by Gasteiger charge is -2.36. The van der Waals surface area contributed by atoms with Crippen LogP contribution in [0, 0.1) is 0 Å². The number of hydrogen-bond acceptors (Lipinski definition) is 4. The van der Waals surface area contributed by atoms with Crippen molar-refractivity contribution < 1.29 is 4.79 Å². The molecule has 0 aromatic carbocycles. The lowest BCUT2D eigenvalue weighted by atomic mass is 10.3. The molecule has 0 saturated carbocycles. The van der Waals surface area contributed by atoms with Crippen molar-refractivity contribution in [2.75, 3.05) is 31.9 Å². The summed E-state index contributed by atoms with van der Waals surface area (Å²) >= 11 is 1.43. The molecule has 1 fully saturated rings. The molecule has 2 atom stereocenters. The molecule has 5 heteroatoms. The first-order valence-electron chi connectivity index (χ1n) is 4.96. The molecule has 1 saturated heterocycles. The third-order valence-electron chi connectivity index (χ3n) is 2.50. The van der Waals surface area contributed by atoms with Gasteiger partial charge in [0, 0.05) is 44.9 Å². The van der Waals surface area contributed by atoms with E-state index in [4.69, 9.17) is 0 Å². The van der Waals surface area contributed by atoms with Gasteiger partial charge in [-0.25, -0.2) is 0 Å². The molecule has 0 amide bonds. The smallest absolute Gasteiger partial charge is 0.185 e. The molecule has 1 rings (SSSR count). The standard InChI is InChI=1S/C9H19N2OPS/c1-8(7-14-9(2)12)10-3-5-11(13)6-4-10/h8H,3-7,13H2,1-2H3. The van der Waals surface area contributed by atoms with E-state index in [1.807, 2.05) is 0 Å². The molecule has 0 aliphatic carbocycles. The minimum absolute atomic E-state index is 0.224. The minimum Gasteiger partial charge on any atom is -0.297 e. The van der Waals surface area contributed by atoms with Gasteiger partial charge in [-0.3, -0.25) is 14.4 Å². The Balaban J connectivity index is 2.23. The molecule has 1 heterocycles. The fourth-order valence-electron chi connectivity index (χ4n) is 1.52. The van der Waals surface area contributed by atoms with Gasteiger partial charge in [0.25, 0.3) is 0 Å². The molecule has 0 bridgehead atoms. The summed E-state index contributed by atoms with van der Waals surface area (Å²) in [5.74, 6) is 0.923. The lowest BCUT2D eigenvalue weighted by Crippen LogP contribution is -2.47. The summed E-state index contributed by atoms with van der Waals surface area (Å²) < 4.78 is 2.27. The van der Waals surface area contributed by atoms with Crippen LogP contribution in [0.15, 0.2) is 0 Å². The third kappa shape index (κ3) is 4.26. The molecule has 0 N–H and O–H groups in total. The zero-order valence-electron chi connectivity index (χ0n) is 8.90. The lowest BCUT2D eigenvalue weighted by molar-refractivity contribution is -0.109. The second-order valence-electron chi connectivity index (χ2n) is 3.72. The van der Waals surface area contributed by atoms with E-state index < -0.39 is 0 Å². The minimum atomic E-state index is 0.224. The molecule has 0 aromatic rings. The van der Waals surface area contributed by atoms with Gasteiger partial charge in [-0.05, 0) is 6.92 Å². The summed E-state index contributed by atoms with van der Waals surface area (Å²) in [6.07, 6.45) is 0. The molecule has 14 heavy (non-hydrogen) atoms. The van der Waals surface area contributed by atoms with Crippen LogP contribution in [0.5, 0.6) is 0 Å². The maximum atomic E-state index is 10.8. The van der Waals surface area contributed by atoms with Crippen molar-refractivity contribution in [1.29, 1.82) is 0 Å². The SMILES string of the molecule is CC(=O)SCC(C)N1CCN(P)CC1. The third-order valence-corrected chi connectivity index (χ3v) is 4.07. The second-order valence-corrected chi connectivity index (χ2v) is 5.65. The Morgan fingerprint density at radius 3 is 2.50 bits per heavy atom. The maximum Gasteiger partial charge on any atom is 0.185 e. The predicted octanol–water partition coefficient (Wildman–Crippen LogP) is 1.06. The monoisotopic (exact) mass is 234 g/mol. The molecular formula is C9H19N2OPS. The molecule has 2 unspecified atom stereocenters. The van der Waals surface area contributed by atoms with E-state index in [1.165, 1.54) is 11.8 Å². The van der Waals surface area contributed by atoms with Crippen molar-refractivity contribution in [2.24, 2.45) is 0 Å². The molecule has 3 nitrogen and oxygen atoms in total. The summed E-state index contributed by atoms with van der Waals surface area (Å²) in [5.41, 5.74) is 0. The van der Waals surface area contributed by atoms with Gasteiger partial charge >= 0.3 is 0 Å². The highest BCUT2D eigenvalue weighted by Crippen LogP contribution is 2.13. The summed E-state index contributed by atoms with van der Waals surface area (Å²) in [6, 6.07) is 0.516. The second kappa shape index (κ2) is 6.06. The van der Waals surface area contributed by atoms with E-state index in [0.717, 1.165) is 31.9 Å². The molecule has 0 spiro atoms. The molecule has 0 radical (unpaired) electrons. The van der Waals surface area contributed by atoms with Crippen LogP contribution in [0.25, 0.3) is 0 Å². The highest BCUT2D eigenvalue weighted by molar-refractivity contribution is 8.13. The first kappa shape index (κ1) is 12.4. The average molecular weight is 234 g/mol. The maximum absolute atomic E-state index is 10.8. The van der Waals surface area contributed by atoms with Crippen LogP contribution >= 0.6 is 21.2 Å². The zero-order valence-corrected chi connectivity index (χ0v) is 10.9. The van der Waals surface area contributed by atoms with Gasteiger partial charge in [-0.1, -0.05) is 21.2 Å². The van der Waals surface area contributed by atoms with Gasteiger partial charge in [0.05, 0.1) is 0 Å².